The number of nitrogens with one attached hydrogen (secondary N) is 2. The van der Waals surface area contributed by atoms with Crippen LogP contribution >= 0.6 is 0 Å². The Labute approximate surface area is 112 Å². The number of nitrogens with two attached hydrogens (primary N) is 1. The van der Waals surface area contributed by atoms with Crippen molar-refractivity contribution in [3.8, 4) is 0 Å². The van der Waals surface area contributed by atoms with E-state index in [0.29, 0.717) is 13.0 Å². The zero-order valence-corrected chi connectivity index (χ0v) is 11.2. The highest BCUT2D eigenvalue weighted by Gasteiger charge is 2.23. The number of benzene rings is 1. The number of hydrogen-bond donors (Lipinski definition) is 3. The second-order valence-electron chi connectivity index (χ2n) is 5.52. The number of carbonyl (C=O) groups is 2. The molecule has 1 heterocycles. The number of hydrogen-bond acceptors (Lipinski definition) is 2. The maximum Gasteiger partial charge on any atom is 0.312 e. The van der Waals surface area contributed by atoms with E-state index >= 15 is 0 Å². The van der Waals surface area contributed by atoms with Crippen molar-refractivity contribution in [3.63, 3.8) is 0 Å². The van der Waals surface area contributed by atoms with E-state index in [0.717, 1.165) is 23.2 Å². The van der Waals surface area contributed by atoms with Gasteiger partial charge < -0.3 is 16.4 Å². The summed E-state index contributed by atoms with van der Waals surface area (Å²) in [5.74, 6) is 0.0647. The molecule has 1 aromatic rings. The zero-order chi connectivity index (χ0) is 14.0. The summed E-state index contributed by atoms with van der Waals surface area (Å²) in [5, 5.41) is 5.50. The predicted molar refractivity (Wildman–Crippen MR) is 74.0 cm³/mol. The fourth-order valence-electron chi connectivity index (χ4n) is 2.21. The molecule has 0 fully saturated rings. The summed E-state index contributed by atoms with van der Waals surface area (Å²) in [4.78, 5) is 22.1. The lowest BCUT2D eigenvalue weighted by molar-refractivity contribution is -0.116. The van der Waals surface area contributed by atoms with Gasteiger partial charge in [-0.25, -0.2) is 4.79 Å². The van der Waals surface area contributed by atoms with E-state index in [1.165, 1.54) is 0 Å². The summed E-state index contributed by atoms with van der Waals surface area (Å²) in [6.07, 6.45) is 1.28. The van der Waals surface area contributed by atoms with E-state index < -0.39 is 6.03 Å². The first-order valence-electron chi connectivity index (χ1n) is 6.35. The number of fused-ring (bicyclic) bond motifs is 1. The van der Waals surface area contributed by atoms with Gasteiger partial charge in [0.05, 0.1) is 0 Å². The summed E-state index contributed by atoms with van der Waals surface area (Å²) >= 11 is 0. The standard InChI is InChI=1S/C14H19N3O2/c1-14(2,8-16-13(15)19)10-4-5-11-9(7-10)3-6-12(18)17-11/h4-5,7H,3,6,8H2,1-2H3,(H,17,18)(H3,15,16,19). The number of anilines is 1. The summed E-state index contributed by atoms with van der Waals surface area (Å²) in [5.41, 5.74) is 8.06. The van der Waals surface area contributed by atoms with Gasteiger partial charge in [-0.2, -0.15) is 0 Å². The molecule has 5 nitrogen and oxygen atoms in total. The monoisotopic (exact) mass is 261 g/mol. The lowest BCUT2D eigenvalue weighted by atomic mass is 9.82. The van der Waals surface area contributed by atoms with Crippen LogP contribution in [0.5, 0.6) is 0 Å². The number of primary amides is 1. The largest absolute Gasteiger partial charge is 0.352 e. The Balaban J connectivity index is 2.21. The molecule has 4 N–H and O–H groups in total. The highest BCUT2D eigenvalue weighted by molar-refractivity contribution is 5.93. The average Bonchev–Trinajstić information content (AvgIpc) is 2.36. The normalized spacial score (nSPS) is 14.5. The molecule has 0 spiro atoms. The smallest absolute Gasteiger partial charge is 0.312 e. The molecule has 0 aliphatic carbocycles. The molecule has 5 heteroatoms. The van der Waals surface area contributed by atoms with Crippen LogP contribution in [0, 0.1) is 0 Å². The van der Waals surface area contributed by atoms with Gasteiger partial charge in [0.15, 0.2) is 0 Å². The van der Waals surface area contributed by atoms with Crippen molar-refractivity contribution in [3.05, 3.63) is 29.3 Å². The first-order valence-corrected chi connectivity index (χ1v) is 6.35. The van der Waals surface area contributed by atoms with Crippen LogP contribution in [0.2, 0.25) is 0 Å². The molecule has 0 saturated carbocycles. The molecule has 19 heavy (non-hydrogen) atoms. The molecule has 0 saturated heterocycles. The van der Waals surface area contributed by atoms with Crippen LogP contribution in [-0.2, 0) is 16.6 Å². The summed E-state index contributed by atoms with van der Waals surface area (Å²) in [6, 6.07) is 5.48. The third-order valence-electron chi connectivity index (χ3n) is 3.49. The Bertz CT molecular complexity index is 523. The van der Waals surface area contributed by atoms with Crippen LogP contribution < -0.4 is 16.4 Å². The van der Waals surface area contributed by atoms with Crippen molar-refractivity contribution in [2.24, 2.45) is 5.73 Å². The van der Waals surface area contributed by atoms with E-state index in [9.17, 15) is 9.59 Å². The third kappa shape index (κ3) is 3.05. The molecule has 2 rings (SSSR count). The van der Waals surface area contributed by atoms with Gasteiger partial charge in [0.25, 0.3) is 0 Å². The minimum atomic E-state index is -0.515. The molecule has 0 bridgehead atoms. The molecular formula is C14H19N3O2. The summed E-state index contributed by atoms with van der Waals surface area (Å²) in [7, 11) is 0. The van der Waals surface area contributed by atoms with E-state index in [1.807, 2.05) is 26.0 Å². The number of urea groups is 1. The highest BCUT2D eigenvalue weighted by Crippen LogP contribution is 2.29. The van der Waals surface area contributed by atoms with Crippen LogP contribution in [0.25, 0.3) is 0 Å². The Morgan fingerprint density at radius 3 is 2.84 bits per heavy atom. The van der Waals surface area contributed by atoms with Gasteiger partial charge in [-0.3, -0.25) is 4.79 Å². The molecule has 102 valence electrons. The molecule has 1 aromatic carbocycles. The van der Waals surface area contributed by atoms with E-state index in [1.54, 1.807) is 0 Å². The number of rotatable bonds is 3. The van der Waals surface area contributed by atoms with Crippen molar-refractivity contribution in [2.75, 3.05) is 11.9 Å². The molecular weight excluding hydrogens is 242 g/mol. The summed E-state index contributed by atoms with van der Waals surface area (Å²) < 4.78 is 0. The Morgan fingerprint density at radius 1 is 1.42 bits per heavy atom. The van der Waals surface area contributed by atoms with Gasteiger partial charge in [-0.05, 0) is 23.6 Å². The van der Waals surface area contributed by atoms with Gasteiger partial charge >= 0.3 is 6.03 Å². The van der Waals surface area contributed by atoms with Crippen LogP contribution in [0.15, 0.2) is 18.2 Å². The Hall–Kier alpha value is -2.04. The average molecular weight is 261 g/mol. The second kappa shape index (κ2) is 4.91. The number of carbonyl (C=O) groups excluding carboxylic acids is 2. The summed E-state index contributed by atoms with van der Waals surface area (Å²) in [6.45, 7) is 4.58. The minimum Gasteiger partial charge on any atom is -0.352 e. The predicted octanol–water partition coefficient (Wildman–Crippen LogP) is 1.52. The molecule has 3 amide bonds. The molecule has 1 aliphatic heterocycles. The van der Waals surface area contributed by atoms with Gasteiger partial charge in [0.2, 0.25) is 5.91 Å². The molecule has 0 atom stereocenters. The lowest BCUT2D eigenvalue weighted by Crippen LogP contribution is -2.39. The Kier molecular flexibility index (Phi) is 3.46. The van der Waals surface area contributed by atoms with Crippen LogP contribution in [0.4, 0.5) is 10.5 Å². The molecule has 1 aliphatic rings. The van der Waals surface area contributed by atoms with Crippen molar-refractivity contribution in [2.45, 2.75) is 32.1 Å². The van der Waals surface area contributed by atoms with Crippen molar-refractivity contribution < 1.29 is 9.59 Å². The zero-order valence-electron chi connectivity index (χ0n) is 11.2. The number of aryl methyl sites for hydroxylation is 1. The third-order valence-corrected chi connectivity index (χ3v) is 3.49. The van der Waals surface area contributed by atoms with Crippen molar-refractivity contribution in [1.29, 1.82) is 0 Å². The minimum absolute atomic E-state index is 0.0647. The van der Waals surface area contributed by atoms with E-state index in [2.05, 4.69) is 16.7 Å². The van der Waals surface area contributed by atoms with Crippen LogP contribution in [-0.4, -0.2) is 18.5 Å². The topological polar surface area (TPSA) is 84.2 Å². The van der Waals surface area contributed by atoms with Crippen LogP contribution in [0.1, 0.15) is 31.4 Å². The SMILES string of the molecule is CC(C)(CNC(N)=O)c1ccc2c(c1)CCC(=O)N2. The van der Waals surface area contributed by atoms with Gasteiger partial charge in [-0.1, -0.05) is 26.0 Å². The number of amides is 3. The fraction of sp³-hybridized carbons (Fsp3) is 0.429. The maximum absolute atomic E-state index is 11.3. The van der Waals surface area contributed by atoms with Crippen LogP contribution in [0.3, 0.4) is 0 Å². The first kappa shape index (κ1) is 13.4. The molecule has 0 radical (unpaired) electrons. The van der Waals surface area contributed by atoms with Crippen molar-refractivity contribution in [1.82, 2.24) is 5.32 Å². The quantitative estimate of drug-likeness (QED) is 0.770. The highest BCUT2D eigenvalue weighted by atomic mass is 16.2. The first-order chi connectivity index (χ1) is 8.88. The molecule has 0 aromatic heterocycles. The lowest BCUT2D eigenvalue weighted by Gasteiger charge is -2.27. The van der Waals surface area contributed by atoms with Gasteiger partial charge in [0, 0.05) is 24.1 Å². The van der Waals surface area contributed by atoms with Gasteiger partial charge in [-0.15, -0.1) is 0 Å². The van der Waals surface area contributed by atoms with E-state index in [-0.39, 0.29) is 11.3 Å². The molecule has 0 unspecified atom stereocenters. The fourth-order valence-corrected chi connectivity index (χ4v) is 2.21. The second-order valence-corrected chi connectivity index (χ2v) is 5.52. The van der Waals surface area contributed by atoms with Crippen molar-refractivity contribution >= 4 is 17.6 Å². The van der Waals surface area contributed by atoms with E-state index in [4.69, 9.17) is 5.73 Å². The van der Waals surface area contributed by atoms with Gasteiger partial charge in [0.1, 0.15) is 0 Å². The maximum atomic E-state index is 11.3. The Morgan fingerprint density at radius 2 is 2.16 bits per heavy atom.